The standard InChI is InChI=1S/C14H17NO2S/c1-18-14-10-13(17)15(14)9-5-8-12(16)11-6-3-2-4-7-11/h2-4,6-7,14H,5,8-10H2,1H3. The SMILES string of the molecule is CSC1CC(=O)N1CCCC(=O)c1ccccc1. The molecular formula is C14H17NO2S. The first-order valence-electron chi connectivity index (χ1n) is 6.13. The summed E-state index contributed by atoms with van der Waals surface area (Å²) in [6, 6.07) is 9.31. The second-order valence-electron chi connectivity index (χ2n) is 4.37. The lowest BCUT2D eigenvalue weighted by Gasteiger charge is -2.39. The van der Waals surface area contributed by atoms with Crippen molar-refractivity contribution in [3.8, 4) is 0 Å². The molecule has 96 valence electrons. The lowest BCUT2D eigenvalue weighted by Crippen LogP contribution is -2.50. The molecule has 1 saturated heterocycles. The van der Waals surface area contributed by atoms with Crippen LogP contribution in [-0.2, 0) is 4.79 Å². The Morgan fingerprint density at radius 2 is 2.11 bits per heavy atom. The van der Waals surface area contributed by atoms with E-state index >= 15 is 0 Å². The number of carbonyl (C=O) groups excluding carboxylic acids is 2. The molecule has 1 unspecified atom stereocenters. The molecule has 4 heteroatoms. The lowest BCUT2D eigenvalue weighted by molar-refractivity contribution is -0.141. The van der Waals surface area contributed by atoms with Crippen molar-refractivity contribution >= 4 is 23.5 Å². The Hall–Kier alpha value is -1.29. The van der Waals surface area contributed by atoms with Crippen LogP contribution < -0.4 is 0 Å². The number of nitrogens with zero attached hydrogens (tertiary/aromatic N) is 1. The van der Waals surface area contributed by atoms with Gasteiger partial charge >= 0.3 is 0 Å². The Balaban J connectivity index is 1.76. The van der Waals surface area contributed by atoms with Crippen molar-refractivity contribution in [2.24, 2.45) is 0 Å². The maximum Gasteiger partial charge on any atom is 0.226 e. The molecule has 0 bridgehead atoms. The number of carbonyl (C=O) groups is 2. The van der Waals surface area contributed by atoms with E-state index in [1.165, 1.54) is 0 Å². The number of ketones is 1. The van der Waals surface area contributed by atoms with Crippen LogP contribution >= 0.6 is 11.8 Å². The number of rotatable bonds is 6. The van der Waals surface area contributed by atoms with Crippen molar-refractivity contribution in [3.63, 3.8) is 0 Å². The minimum absolute atomic E-state index is 0.157. The summed E-state index contributed by atoms with van der Waals surface area (Å²) in [6.07, 6.45) is 3.92. The van der Waals surface area contributed by atoms with E-state index in [9.17, 15) is 9.59 Å². The third kappa shape index (κ3) is 2.93. The highest BCUT2D eigenvalue weighted by molar-refractivity contribution is 7.99. The molecule has 1 aliphatic rings. The Bertz CT molecular complexity index is 433. The summed E-state index contributed by atoms with van der Waals surface area (Å²) in [4.78, 5) is 25.1. The highest BCUT2D eigenvalue weighted by Crippen LogP contribution is 2.27. The van der Waals surface area contributed by atoms with Gasteiger partial charge in [0.2, 0.25) is 5.91 Å². The van der Waals surface area contributed by atoms with Gasteiger partial charge in [0.05, 0.1) is 11.8 Å². The highest BCUT2D eigenvalue weighted by atomic mass is 32.2. The summed E-state index contributed by atoms with van der Waals surface area (Å²) in [5.74, 6) is 0.366. The zero-order valence-corrected chi connectivity index (χ0v) is 11.3. The molecular weight excluding hydrogens is 246 g/mol. The van der Waals surface area contributed by atoms with Gasteiger partial charge in [-0.25, -0.2) is 0 Å². The largest absolute Gasteiger partial charge is 0.330 e. The second kappa shape index (κ2) is 6.05. The van der Waals surface area contributed by atoms with E-state index in [0.29, 0.717) is 24.8 Å². The Morgan fingerprint density at radius 1 is 1.39 bits per heavy atom. The third-order valence-corrected chi connectivity index (χ3v) is 4.15. The Kier molecular flexibility index (Phi) is 4.42. The Morgan fingerprint density at radius 3 is 2.72 bits per heavy atom. The van der Waals surface area contributed by atoms with E-state index in [1.807, 2.05) is 41.5 Å². The van der Waals surface area contributed by atoms with Gasteiger partial charge in [-0.15, -0.1) is 11.8 Å². The fourth-order valence-electron chi connectivity index (χ4n) is 2.08. The molecule has 18 heavy (non-hydrogen) atoms. The van der Waals surface area contributed by atoms with Crippen LogP contribution in [-0.4, -0.2) is 34.8 Å². The Labute approximate surface area is 112 Å². The van der Waals surface area contributed by atoms with Gasteiger partial charge in [-0.1, -0.05) is 30.3 Å². The second-order valence-corrected chi connectivity index (χ2v) is 5.39. The lowest BCUT2D eigenvalue weighted by atomic mass is 10.1. The number of likely N-dealkylation sites (tertiary alicyclic amines) is 1. The van der Waals surface area contributed by atoms with Gasteiger partial charge < -0.3 is 4.90 Å². The molecule has 1 fully saturated rings. The van der Waals surface area contributed by atoms with E-state index in [0.717, 1.165) is 12.0 Å². The first-order chi connectivity index (χ1) is 8.72. The number of β-lactam (4-membered cyclic amide) rings is 1. The molecule has 0 spiro atoms. The fraction of sp³-hybridized carbons (Fsp3) is 0.429. The molecule has 1 amide bonds. The smallest absolute Gasteiger partial charge is 0.226 e. The molecule has 1 aromatic rings. The van der Waals surface area contributed by atoms with Crippen molar-refractivity contribution in [1.29, 1.82) is 0 Å². The molecule has 0 saturated carbocycles. The van der Waals surface area contributed by atoms with Gasteiger partial charge in [0.1, 0.15) is 0 Å². The molecule has 1 heterocycles. The predicted octanol–water partition coefficient (Wildman–Crippen LogP) is 2.57. The molecule has 1 atom stereocenters. The van der Waals surface area contributed by atoms with Crippen LogP contribution in [0, 0.1) is 0 Å². The van der Waals surface area contributed by atoms with Crippen LogP contribution in [0.25, 0.3) is 0 Å². The summed E-state index contributed by atoms with van der Waals surface area (Å²) >= 11 is 1.70. The van der Waals surface area contributed by atoms with Crippen LogP contribution in [0.15, 0.2) is 30.3 Å². The molecule has 3 nitrogen and oxygen atoms in total. The predicted molar refractivity (Wildman–Crippen MR) is 73.6 cm³/mol. The normalized spacial score (nSPS) is 18.6. The van der Waals surface area contributed by atoms with Crippen LogP contribution in [0.2, 0.25) is 0 Å². The number of amides is 1. The molecule has 1 aliphatic heterocycles. The van der Waals surface area contributed by atoms with E-state index in [4.69, 9.17) is 0 Å². The van der Waals surface area contributed by atoms with Gasteiger partial charge in [0.15, 0.2) is 5.78 Å². The zero-order valence-electron chi connectivity index (χ0n) is 10.5. The van der Waals surface area contributed by atoms with Crippen LogP contribution in [0.3, 0.4) is 0 Å². The van der Waals surface area contributed by atoms with Crippen molar-refractivity contribution in [2.75, 3.05) is 12.8 Å². The van der Waals surface area contributed by atoms with E-state index in [-0.39, 0.29) is 11.7 Å². The van der Waals surface area contributed by atoms with Crippen molar-refractivity contribution in [2.45, 2.75) is 24.6 Å². The number of hydrogen-bond acceptors (Lipinski definition) is 3. The van der Waals surface area contributed by atoms with Crippen LogP contribution in [0.5, 0.6) is 0 Å². The maximum absolute atomic E-state index is 11.9. The first-order valence-corrected chi connectivity index (χ1v) is 7.41. The van der Waals surface area contributed by atoms with Gasteiger partial charge in [-0.2, -0.15) is 0 Å². The van der Waals surface area contributed by atoms with Gasteiger partial charge in [-0.3, -0.25) is 9.59 Å². The minimum Gasteiger partial charge on any atom is -0.330 e. The summed E-state index contributed by atoms with van der Waals surface area (Å²) in [5, 5.41) is 0.323. The molecule has 0 aromatic heterocycles. The van der Waals surface area contributed by atoms with E-state index in [2.05, 4.69) is 0 Å². The number of hydrogen-bond donors (Lipinski definition) is 0. The summed E-state index contributed by atoms with van der Waals surface area (Å²) in [6.45, 7) is 0.697. The van der Waals surface area contributed by atoms with Crippen LogP contribution in [0.1, 0.15) is 29.6 Å². The highest BCUT2D eigenvalue weighted by Gasteiger charge is 2.34. The van der Waals surface area contributed by atoms with Crippen LogP contribution in [0.4, 0.5) is 0 Å². The summed E-state index contributed by atoms with van der Waals surface area (Å²) < 4.78 is 0. The minimum atomic E-state index is 0.157. The molecule has 2 rings (SSSR count). The zero-order chi connectivity index (χ0) is 13.0. The molecule has 0 aliphatic carbocycles. The van der Waals surface area contributed by atoms with Gasteiger partial charge in [-0.05, 0) is 12.7 Å². The molecule has 1 aromatic carbocycles. The number of thioether (sulfide) groups is 1. The third-order valence-electron chi connectivity index (χ3n) is 3.19. The van der Waals surface area contributed by atoms with Crippen molar-refractivity contribution in [3.05, 3.63) is 35.9 Å². The van der Waals surface area contributed by atoms with Crippen molar-refractivity contribution in [1.82, 2.24) is 4.90 Å². The van der Waals surface area contributed by atoms with E-state index < -0.39 is 0 Å². The van der Waals surface area contributed by atoms with E-state index in [1.54, 1.807) is 11.8 Å². The fourth-order valence-corrected chi connectivity index (χ4v) is 2.87. The molecule has 0 radical (unpaired) electrons. The topological polar surface area (TPSA) is 37.4 Å². The average Bonchev–Trinajstić information content (AvgIpc) is 2.41. The summed E-state index contributed by atoms with van der Waals surface area (Å²) in [5.41, 5.74) is 0.758. The van der Waals surface area contributed by atoms with Gasteiger partial charge in [0.25, 0.3) is 0 Å². The maximum atomic E-state index is 11.9. The number of Topliss-reactive ketones (excluding diaryl/α,β-unsaturated/α-hetero) is 1. The number of benzene rings is 1. The first kappa shape index (κ1) is 13.1. The summed E-state index contributed by atoms with van der Waals surface area (Å²) in [7, 11) is 0. The van der Waals surface area contributed by atoms with Crippen molar-refractivity contribution < 1.29 is 9.59 Å². The quantitative estimate of drug-likeness (QED) is 0.585. The molecule has 0 N–H and O–H groups in total. The van der Waals surface area contributed by atoms with Gasteiger partial charge in [0, 0.05) is 18.5 Å². The average molecular weight is 263 g/mol. The monoisotopic (exact) mass is 263 g/mol.